The predicted octanol–water partition coefficient (Wildman–Crippen LogP) is 4.64. The molecule has 0 saturated carbocycles. The number of unbranched alkanes of at least 4 members (excludes halogenated alkanes) is 3. The Morgan fingerprint density at radius 3 is 2.45 bits per heavy atom. The fourth-order valence-corrected chi connectivity index (χ4v) is 5.44. The number of nitrogens with zero attached hydrogens (tertiary/aromatic N) is 2. The number of rotatable bonds is 14. The zero-order valence-corrected chi connectivity index (χ0v) is 24.1. The van der Waals surface area contributed by atoms with Crippen molar-refractivity contribution in [2.75, 3.05) is 46.6 Å². The van der Waals surface area contributed by atoms with Gasteiger partial charge in [0.2, 0.25) is 0 Å². The van der Waals surface area contributed by atoms with Gasteiger partial charge in [-0.3, -0.25) is 4.79 Å². The quantitative estimate of drug-likeness (QED) is 0.134. The van der Waals surface area contributed by atoms with Gasteiger partial charge in [-0.2, -0.15) is 31.7 Å². The summed E-state index contributed by atoms with van der Waals surface area (Å²) in [5.41, 5.74) is 1.80. The van der Waals surface area contributed by atoms with Gasteiger partial charge in [-0.25, -0.2) is 18.9 Å². The van der Waals surface area contributed by atoms with Crippen LogP contribution in [0.2, 0.25) is 0 Å². The van der Waals surface area contributed by atoms with Crippen molar-refractivity contribution in [2.24, 2.45) is 0 Å². The molecule has 1 atom stereocenters. The van der Waals surface area contributed by atoms with Gasteiger partial charge in [0.25, 0.3) is 5.91 Å². The molecule has 0 spiro atoms. The SMILES string of the molecule is CN(SON1CCC(OCCCCCCC(F)(F)F)CC1)C1(C(=O)NOC2CCCCO2)CCOCC1.S. The van der Waals surface area contributed by atoms with E-state index in [4.69, 9.17) is 23.3 Å². The van der Waals surface area contributed by atoms with Crippen LogP contribution in [-0.2, 0) is 28.1 Å². The third-order valence-corrected chi connectivity index (χ3v) is 7.98. The minimum atomic E-state index is -4.06. The molecule has 0 aromatic rings. The van der Waals surface area contributed by atoms with Crippen molar-refractivity contribution in [1.82, 2.24) is 14.8 Å². The molecule has 0 bridgehead atoms. The van der Waals surface area contributed by atoms with Crippen molar-refractivity contribution in [1.29, 1.82) is 0 Å². The van der Waals surface area contributed by atoms with Crippen molar-refractivity contribution >= 4 is 31.6 Å². The van der Waals surface area contributed by atoms with E-state index < -0.39 is 24.4 Å². The van der Waals surface area contributed by atoms with E-state index >= 15 is 0 Å². The Morgan fingerprint density at radius 1 is 1.08 bits per heavy atom. The number of hydrogen-bond acceptors (Lipinski definition) is 9. The Hall–Kier alpha value is -0.320. The molecule has 0 radical (unpaired) electrons. The molecule has 1 N–H and O–H groups in total. The lowest BCUT2D eigenvalue weighted by atomic mass is 9.89. The summed E-state index contributed by atoms with van der Waals surface area (Å²) in [5.74, 6) is -0.228. The molecule has 38 heavy (non-hydrogen) atoms. The van der Waals surface area contributed by atoms with Gasteiger partial charge in [0.05, 0.1) is 6.10 Å². The highest BCUT2D eigenvalue weighted by atomic mass is 32.2. The molecular weight excluding hydrogens is 547 g/mol. The highest BCUT2D eigenvalue weighted by Gasteiger charge is 2.45. The van der Waals surface area contributed by atoms with Gasteiger partial charge >= 0.3 is 6.18 Å². The van der Waals surface area contributed by atoms with E-state index in [0.717, 1.165) is 57.2 Å². The van der Waals surface area contributed by atoms with Crippen molar-refractivity contribution in [2.45, 2.75) is 101 Å². The van der Waals surface area contributed by atoms with Crippen LogP contribution in [0, 0.1) is 0 Å². The third-order valence-electron chi connectivity index (χ3n) is 7.13. The van der Waals surface area contributed by atoms with Gasteiger partial charge in [-0.15, -0.1) is 0 Å². The molecule has 0 aliphatic carbocycles. The van der Waals surface area contributed by atoms with Crippen LogP contribution in [0.1, 0.15) is 77.0 Å². The third kappa shape index (κ3) is 11.7. The summed E-state index contributed by atoms with van der Waals surface area (Å²) >= 11 is 1.15. The molecule has 3 fully saturated rings. The number of alkyl halides is 3. The van der Waals surface area contributed by atoms with Crippen LogP contribution < -0.4 is 5.48 Å². The molecule has 14 heteroatoms. The molecule has 9 nitrogen and oxygen atoms in total. The predicted molar refractivity (Wildman–Crippen MR) is 142 cm³/mol. The van der Waals surface area contributed by atoms with E-state index in [0.29, 0.717) is 58.8 Å². The van der Waals surface area contributed by atoms with E-state index in [1.54, 1.807) is 0 Å². The largest absolute Gasteiger partial charge is 0.389 e. The summed E-state index contributed by atoms with van der Waals surface area (Å²) in [6.07, 6.45) is 2.67. The number of halogens is 3. The normalized spacial score (nSPS) is 23.2. The van der Waals surface area contributed by atoms with Crippen LogP contribution in [-0.4, -0.2) is 85.9 Å². The fraction of sp³-hybridized carbons (Fsp3) is 0.958. The summed E-state index contributed by atoms with van der Waals surface area (Å²) in [7, 11) is 1.84. The maximum Gasteiger partial charge on any atom is 0.389 e. The van der Waals surface area contributed by atoms with Crippen LogP contribution in [0.25, 0.3) is 0 Å². The van der Waals surface area contributed by atoms with Crippen LogP contribution in [0.3, 0.4) is 0 Å². The molecule has 224 valence electrons. The van der Waals surface area contributed by atoms with E-state index in [2.05, 4.69) is 5.48 Å². The summed E-state index contributed by atoms with van der Waals surface area (Å²) in [4.78, 5) is 18.7. The van der Waals surface area contributed by atoms with Gasteiger partial charge in [-0.05, 0) is 51.4 Å². The Balaban J connectivity index is 0.00000507. The van der Waals surface area contributed by atoms with E-state index in [1.165, 1.54) is 0 Å². The first-order valence-electron chi connectivity index (χ1n) is 13.5. The first-order chi connectivity index (χ1) is 17.8. The number of piperidine rings is 1. The molecule has 0 aromatic carbocycles. The lowest BCUT2D eigenvalue weighted by Crippen LogP contribution is -2.58. The van der Waals surface area contributed by atoms with Crippen LogP contribution >= 0.6 is 25.7 Å². The lowest BCUT2D eigenvalue weighted by molar-refractivity contribution is -0.205. The van der Waals surface area contributed by atoms with Crippen molar-refractivity contribution in [3.8, 4) is 0 Å². The zero-order valence-electron chi connectivity index (χ0n) is 22.3. The van der Waals surface area contributed by atoms with Gasteiger partial charge in [-0.1, -0.05) is 12.8 Å². The van der Waals surface area contributed by atoms with Gasteiger partial charge in [0.15, 0.2) is 6.29 Å². The second-order valence-electron chi connectivity index (χ2n) is 9.91. The Bertz CT molecular complexity index is 663. The highest BCUT2D eigenvalue weighted by molar-refractivity contribution is 7.92. The Morgan fingerprint density at radius 2 is 1.79 bits per heavy atom. The first-order valence-corrected chi connectivity index (χ1v) is 14.2. The van der Waals surface area contributed by atoms with Crippen LogP contribution in [0.15, 0.2) is 0 Å². The smallest absolute Gasteiger partial charge is 0.381 e. The number of hydroxylamine groups is 3. The second kappa shape index (κ2) is 17.5. The number of ether oxygens (including phenoxy) is 3. The lowest BCUT2D eigenvalue weighted by Gasteiger charge is -2.42. The Kier molecular flexibility index (Phi) is 15.6. The highest BCUT2D eigenvalue weighted by Crippen LogP contribution is 2.34. The summed E-state index contributed by atoms with van der Waals surface area (Å²) in [6.45, 7) is 3.55. The minimum absolute atomic E-state index is 0. The monoisotopic (exact) mass is 591 g/mol. The maximum atomic E-state index is 13.2. The van der Waals surface area contributed by atoms with E-state index in [-0.39, 0.29) is 31.9 Å². The number of nitrogens with one attached hydrogen (secondary N) is 1. The van der Waals surface area contributed by atoms with Crippen molar-refractivity contribution in [3.63, 3.8) is 0 Å². The average Bonchev–Trinajstić information content (AvgIpc) is 2.90. The Labute approximate surface area is 235 Å². The summed E-state index contributed by atoms with van der Waals surface area (Å²) < 4.78 is 61.3. The van der Waals surface area contributed by atoms with Gasteiger partial charge in [0, 0.05) is 59.4 Å². The first kappa shape index (κ1) is 33.9. The molecule has 3 rings (SSSR count). The maximum absolute atomic E-state index is 13.2. The van der Waals surface area contributed by atoms with Gasteiger partial charge < -0.3 is 14.2 Å². The molecule has 3 heterocycles. The van der Waals surface area contributed by atoms with Crippen molar-refractivity contribution < 1.29 is 41.3 Å². The number of carbonyl (C=O) groups is 1. The molecule has 3 aliphatic heterocycles. The summed E-state index contributed by atoms with van der Waals surface area (Å²) in [6, 6.07) is 0. The fourth-order valence-electron chi connectivity index (χ4n) is 4.69. The van der Waals surface area contributed by atoms with Crippen LogP contribution in [0.4, 0.5) is 13.2 Å². The molecule has 1 amide bonds. The average molecular weight is 592 g/mol. The molecule has 1 unspecified atom stereocenters. The van der Waals surface area contributed by atoms with Gasteiger partial charge in [0.1, 0.15) is 17.8 Å². The van der Waals surface area contributed by atoms with E-state index in [1.807, 2.05) is 16.4 Å². The second-order valence-corrected chi connectivity index (χ2v) is 10.8. The molecule has 3 aliphatic rings. The molecule has 3 saturated heterocycles. The summed E-state index contributed by atoms with van der Waals surface area (Å²) in [5, 5.41) is 1.87. The van der Waals surface area contributed by atoms with Crippen LogP contribution in [0.5, 0.6) is 0 Å². The van der Waals surface area contributed by atoms with Crippen molar-refractivity contribution in [3.05, 3.63) is 0 Å². The number of carbonyl (C=O) groups excluding carboxylic acids is 1. The number of likely N-dealkylation sites (N-methyl/N-ethyl adjacent to an activating group) is 1. The standard InChI is InChI=1S/C24H42F3N3O6S.H2S/c1-29(23(12-18-32-19-13-23)22(31)28-35-21-8-4-7-17-34-21)37-36-30-14-9-20(10-15-30)33-16-6-3-2-5-11-24(25,26)27;/h20-21H,2-19H2,1H3,(H,28,31);1H2. The topological polar surface area (TPSA) is 81.7 Å². The molecule has 0 aromatic heterocycles. The minimum Gasteiger partial charge on any atom is -0.381 e. The number of amides is 1. The zero-order chi connectivity index (χ0) is 26.6. The number of hydrogen-bond donors (Lipinski definition) is 1. The molecular formula is C24H44F3N3O6S2. The van der Waals surface area contributed by atoms with E-state index in [9.17, 15) is 18.0 Å².